The van der Waals surface area contributed by atoms with Crippen LogP contribution in [0.5, 0.6) is 5.75 Å². The van der Waals surface area contributed by atoms with Crippen molar-refractivity contribution in [2.75, 3.05) is 11.5 Å². The number of benzene rings is 1. The molecule has 1 aromatic carbocycles. The number of hydrogen-bond acceptors (Lipinski definition) is 4. The monoisotopic (exact) mass is 247 g/mol. The first-order valence-corrected chi connectivity index (χ1v) is 5.43. The molecule has 0 aliphatic rings. The molecule has 2 rings (SSSR count). The first-order chi connectivity index (χ1) is 8.41. The van der Waals surface area contributed by atoms with E-state index in [9.17, 15) is 9.50 Å². The summed E-state index contributed by atoms with van der Waals surface area (Å²) in [7, 11) is 0. The highest BCUT2D eigenvalue weighted by molar-refractivity contribution is 5.74. The zero-order chi connectivity index (χ0) is 13.4. The molecule has 0 aliphatic heterocycles. The summed E-state index contributed by atoms with van der Waals surface area (Å²) in [6.45, 7) is 3.18. The Kier molecular flexibility index (Phi) is 2.82. The molecule has 5 heteroatoms. The van der Waals surface area contributed by atoms with Gasteiger partial charge in [-0.1, -0.05) is 0 Å². The van der Waals surface area contributed by atoms with E-state index in [4.69, 9.17) is 11.5 Å². The van der Waals surface area contributed by atoms with Gasteiger partial charge in [-0.25, -0.2) is 9.37 Å². The number of phenolic OH excluding ortho intramolecular Hbond substituents is 1. The Morgan fingerprint density at radius 2 is 1.89 bits per heavy atom. The molecule has 0 unspecified atom stereocenters. The van der Waals surface area contributed by atoms with Gasteiger partial charge in [-0.15, -0.1) is 0 Å². The van der Waals surface area contributed by atoms with Gasteiger partial charge in [0.25, 0.3) is 0 Å². The third kappa shape index (κ3) is 1.84. The van der Waals surface area contributed by atoms with Crippen LogP contribution in [0.3, 0.4) is 0 Å². The number of hydrogen-bond donors (Lipinski definition) is 3. The molecule has 1 heterocycles. The second kappa shape index (κ2) is 4.18. The second-order valence-corrected chi connectivity index (χ2v) is 4.20. The number of rotatable bonds is 1. The van der Waals surface area contributed by atoms with E-state index >= 15 is 0 Å². The predicted molar refractivity (Wildman–Crippen MR) is 69.6 cm³/mol. The SMILES string of the molecule is Cc1cc(O)c(-c2ccc(N)c(N)n2)c(C)c1F. The topological polar surface area (TPSA) is 85.2 Å². The van der Waals surface area contributed by atoms with Crippen LogP contribution in [0.15, 0.2) is 18.2 Å². The summed E-state index contributed by atoms with van der Waals surface area (Å²) in [4.78, 5) is 4.06. The fourth-order valence-electron chi connectivity index (χ4n) is 1.89. The number of pyridine rings is 1. The van der Waals surface area contributed by atoms with E-state index in [0.717, 1.165) is 0 Å². The predicted octanol–water partition coefficient (Wildman–Crippen LogP) is 2.37. The van der Waals surface area contributed by atoms with Crippen LogP contribution in [-0.2, 0) is 0 Å². The number of aromatic nitrogens is 1. The Morgan fingerprint density at radius 3 is 2.50 bits per heavy atom. The first-order valence-electron chi connectivity index (χ1n) is 5.43. The van der Waals surface area contributed by atoms with Gasteiger partial charge in [0, 0.05) is 5.56 Å². The van der Waals surface area contributed by atoms with E-state index in [-0.39, 0.29) is 17.4 Å². The van der Waals surface area contributed by atoms with Gasteiger partial charge >= 0.3 is 0 Å². The van der Waals surface area contributed by atoms with Gasteiger partial charge in [-0.2, -0.15) is 0 Å². The molecule has 0 bridgehead atoms. The van der Waals surface area contributed by atoms with Crippen LogP contribution in [-0.4, -0.2) is 10.1 Å². The third-order valence-electron chi connectivity index (χ3n) is 2.87. The van der Waals surface area contributed by atoms with Crippen molar-refractivity contribution in [3.8, 4) is 17.0 Å². The lowest BCUT2D eigenvalue weighted by molar-refractivity contribution is 0.473. The molecule has 0 saturated heterocycles. The number of phenols is 1. The molecule has 5 N–H and O–H groups in total. The maximum Gasteiger partial charge on any atom is 0.147 e. The Labute approximate surface area is 104 Å². The highest BCUT2D eigenvalue weighted by atomic mass is 19.1. The quantitative estimate of drug-likeness (QED) is 0.722. The lowest BCUT2D eigenvalue weighted by atomic mass is 10.00. The maximum atomic E-state index is 13.8. The van der Waals surface area contributed by atoms with Crippen molar-refractivity contribution < 1.29 is 9.50 Å². The fourth-order valence-corrected chi connectivity index (χ4v) is 1.89. The number of nitrogen functional groups attached to an aromatic ring is 2. The largest absolute Gasteiger partial charge is 0.507 e. The molecule has 2 aromatic rings. The van der Waals surface area contributed by atoms with E-state index < -0.39 is 0 Å². The number of aryl methyl sites for hydroxylation is 1. The normalized spacial score (nSPS) is 10.6. The average molecular weight is 247 g/mol. The van der Waals surface area contributed by atoms with Crippen molar-refractivity contribution in [1.82, 2.24) is 4.98 Å². The fraction of sp³-hybridized carbons (Fsp3) is 0.154. The van der Waals surface area contributed by atoms with Crippen molar-refractivity contribution in [1.29, 1.82) is 0 Å². The van der Waals surface area contributed by atoms with Gasteiger partial charge < -0.3 is 16.6 Å². The Hall–Kier alpha value is -2.30. The van der Waals surface area contributed by atoms with E-state index in [1.807, 2.05) is 0 Å². The Morgan fingerprint density at radius 1 is 1.22 bits per heavy atom. The molecule has 0 spiro atoms. The molecule has 0 atom stereocenters. The van der Waals surface area contributed by atoms with Crippen molar-refractivity contribution in [2.24, 2.45) is 0 Å². The standard InChI is InChI=1S/C13H14FN3O/c1-6-5-10(18)11(7(2)12(6)14)9-4-3-8(15)13(16)17-9/h3-5,18H,15H2,1-2H3,(H2,16,17). The highest BCUT2D eigenvalue weighted by Gasteiger charge is 2.16. The summed E-state index contributed by atoms with van der Waals surface area (Å²) in [5.74, 6) is -0.227. The summed E-state index contributed by atoms with van der Waals surface area (Å²) in [6.07, 6.45) is 0. The zero-order valence-corrected chi connectivity index (χ0v) is 10.2. The van der Waals surface area contributed by atoms with Gasteiger partial charge in [0.2, 0.25) is 0 Å². The summed E-state index contributed by atoms with van der Waals surface area (Å²) < 4.78 is 13.8. The number of anilines is 2. The van der Waals surface area contributed by atoms with Crippen LogP contribution in [0, 0.1) is 19.7 Å². The summed E-state index contributed by atoms with van der Waals surface area (Å²) >= 11 is 0. The Balaban J connectivity index is 2.71. The van der Waals surface area contributed by atoms with E-state index in [1.165, 1.54) is 6.07 Å². The van der Waals surface area contributed by atoms with Crippen molar-refractivity contribution in [3.63, 3.8) is 0 Å². The molecule has 0 fully saturated rings. The molecule has 4 nitrogen and oxygen atoms in total. The molecule has 18 heavy (non-hydrogen) atoms. The van der Waals surface area contributed by atoms with Crippen LogP contribution < -0.4 is 11.5 Å². The van der Waals surface area contributed by atoms with Gasteiger partial charge in [0.15, 0.2) is 0 Å². The number of aromatic hydroxyl groups is 1. The summed E-state index contributed by atoms with van der Waals surface area (Å²) in [5.41, 5.74) is 13.0. The minimum atomic E-state index is -0.361. The minimum absolute atomic E-state index is 0.0249. The van der Waals surface area contributed by atoms with E-state index in [1.54, 1.807) is 26.0 Å². The van der Waals surface area contributed by atoms with Crippen molar-refractivity contribution in [2.45, 2.75) is 13.8 Å². The van der Waals surface area contributed by atoms with Gasteiger partial charge in [-0.05, 0) is 43.2 Å². The average Bonchev–Trinajstić information content (AvgIpc) is 2.31. The second-order valence-electron chi connectivity index (χ2n) is 4.20. The summed E-state index contributed by atoms with van der Waals surface area (Å²) in [6, 6.07) is 4.54. The number of nitrogens with two attached hydrogens (primary N) is 2. The number of halogens is 1. The van der Waals surface area contributed by atoms with Gasteiger partial charge in [-0.3, -0.25) is 0 Å². The van der Waals surface area contributed by atoms with Crippen molar-refractivity contribution >= 4 is 11.5 Å². The van der Waals surface area contributed by atoms with Crippen LogP contribution in [0.2, 0.25) is 0 Å². The molecule has 0 amide bonds. The molecule has 0 radical (unpaired) electrons. The summed E-state index contributed by atoms with van der Waals surface area (Å²) in [5, 5.41) is 9.93. The van der Waals surface area contributed by atoms with E-state index in [2.05, 4.69) is 4.98 Å². The molecular weight excluding hydrogens is 233 g/mol. The molecule has 94 valence electrons. The first kappa shape index (κ1) is 12.2. The van der Waals surface area contributed by atoms with Crippen LogP contribution in [0.4, 0.5) is 15.9 Å². The molecule has 0 aliphatic carbocycles. The molecule has 0 saturated carbocycles. The lowest BCUT2D eigenvalue weighted by Gasteiger charge is -2.12. The minimum Gasteiger partial charge on any atom is -0.507 e. The smallest absolute Gasteiger partial charge is 0.147 e. The third-order valence-corrected chi connectivity index (χ3v) is 2.87. The van der Waals surface area contributed by atoms with Crippen LogP contribution in [0.25, 0.3) is 11.3 Å². The number of nitrogens with zero attached hydrogens (tertiary/aromatic N) is 1. The molecular formula is C13H14FN3O. The van der Waals surface area contributed by atoms with Crippen molar-refractivity contribution in [3.05, 3.63) is 35.1 Å². The zero-order valence-electron chi connectivity index (χ0n) is 10.2. The molecule has 1 aromatic heterocycles. The Bertz CT molecular complexity index is 626. The van der Waals surface area contributed by atoms with E-state index in [0.29, 0.717) is 28.1 Å². The van der Waals surface area contributed by atoms with Gasteiger partial charge in [0.05, 0.1) is 11.4 Å². The van der Waals surface area contributed by atoms with Crippen LogP contribution >= 0.6 is 0 Å². The highest BCUT2D eigenvalue weighted by Crippen LogP contribution is 2.35. The maximum absolute atomic E-state index is 13.8. The van der Waals surface area contributed by atoms with Crippen LogP contribution in [0.1, 0.15) is 11.1 Å². The van der Waals surface area contributed by atoms with Gasteiger partial charge in [0.1, 0.15) is 17.4 Å². The lowest BCUT2D eigenvalue weighted by Crippen LogP contribution is -2.00.